The summed E-state index contributed by atoms with van der Waals surface area (Å²) in [7, 11) is 1.46. The highest BCUT2D eigenvalue weighted by Gasteiger charge is 2.16. The highest BCUT2D eigenvalue weighted by Crippen LogP contribution is 2.29. The van der Waals surface area contributed by atoms with E-state index in [-0.39, 0.29) is 16.3 Å². The molecule has 2 aromatic rings. The van der Waals surface area contributed by atoms with Crippen LogP contribution in [-0.4, -0.2) is 19.3 Å². The molecule has 2 rings (SSSR count). The molecule has 0 aliphatic rings. The predicted molar refractivity (Wildman–Crippen MR) is 86.2 cm³/mol. The average Bonchev–Trinajstić information content (AvgIpc) is 2.48. The summed E-state index contributed by atoms with van der Waals surface area (Å²) in [5, 5.41) is 4.07. The lowest BCUT2D eigenvalue weighted by Gasteiger charge is -2.10. The van der Waals surface area contributed by atoms with Gasteiger partial charge in [-0.25, -0.2) is 4.79 Å². The minimum absolute atomic E-state index is 0.209. The third-order valence-electron chi connectivity index (χ3n) is 2.76. The lowest BCUT2D eigenvalue weighted by Crippen LogP contribution is -2.10. The van der Waals surface area contributed by atoms with Gasteiger partial charge in [-0.05, 0) is 42.0 Å². The van der Waals surface area contributed by atoms with Gasteiger partial charge < -0.3 is 15.3 Å². The van der Waals surface area contributed by atoms with Crippen molar-refractivity contribution in [1.29, 1.82) is 0 Å². The van der Waals surface area contributed by atoms with Crippen molar-refractivity contribution in [2.45, 2.75) is 0 Å². The fraction of sp³-hybridized carbons (Fsp3) is 0.0667. The maximum atomic E-state index is 12.2. The minimum Gasteiger partial charge on any atom is -0.493 e. The van der Waals surface area contributed by atoms with Gasteiger partial charge in [-0.15, -0.1) is 0 Å². The van der Waals surface area contributed by atoms with E-state index in [1.165, 1.54) is 25.5 Å². The molecule has 0 unspecified atom stereocenters. The molecule has 7 heteroatoms. The van der Waals surface area contributed by atoms with Crippen LogP contribution in [0, 0.1) is 0 Å². The molecule has 0 atom stereocenters. The normalized spacial score (nSPS) is 10.7. The Morgan fingerprint density at radius 1 is 1.18 bits per heavy atom. The first-order valence-electron chi connectivity index (χ1n) is 6.13. The van der Waals surface area contributed by atoms with Gasteiger partial charge in [0, 0.05) is 5.02 Å². The molecule has 5 nitrogen and oxygen atoms in total. The van der Waals surface area contributed by atoms with Crippen LogP contribution in [0.2, 0.25) is 10.0 Å². The van der Waals surface area contributed by atoms with Crippen molar-refractivity contribution in [1.82, 2.24) is 0 Å². The zero-order chi connectivity index (χ0) is 16.1. The third-order valence-corrected chi connectivity index (χ3v) is 3.31. The Bertz CT molecular complexity index is 733. The zero-order valence-corrected chi connectivity index (χ0v) is 13.1. The number of hydrazone groups is 1. The summed E-state index contributed by atoms with van der Waals surface area (Å²) in [6, 6.07) is 9.43. The number of nitrogens with zero attached hydrogens (tertiary/aromatic N) is 1. The number of hydrogen-bond donors (Lipinski definition) is 1. The molecule has 0 aromatic heterocycles. The molecule has 0 fully saturated rings. The van der Waals surface area contributed by atoms with Gasteiger partial charge in [0.15, 0.2) is 11.5 Å². The van der Waals surface area contributed by atoms with Crippen molar-refractivity contribution in [2.75, 3.05) is 7.11 Å². The van der Waals surface area contributed by atoms with Crippen LogP contribution in [0.15, 0.2) is 41.5 Å². The van der Waals surface area contributed by atoms with Gasteiger partial charge in [-0.3, -0.25) is 0 Å². The van der Waals surface area contributed by atoms with E-state index in [1.807, 2.05) is 0 Å². The summed E-state index contributed by atoms with van der Waals surface area (Å²) in [6.07, 6.45) is 1.45. The van der Waals surface area contributed by atoms with Crippen LogP contribution in [0.4, 0.5) is 0 Å². The van der Waals surface area contributed by atoms with Crippen molar-refractivity contribution in [3.63, 3.8) is 0 Å². The number of rotatable bonds is 4. The highest BCUT2D eigenvalue weighted by atomic mass is 35.5. The molecule has 0 aliphatic heterocycles. The lowest BCUT2D eigenvalue weighted by atomic mass is 10.2. The van der Waals surface area contributed by atoms with Crippen LogP contribution in [0.5, 0.6) is 11.5 Å². The SMILES string of the molecule is COc1cc(C=NN)ccc1OC(=O)c1ccc(Cl)cc1Cl. The monoisotopic (exact) mass is 338 g/mol. The third kappa shape index (κ3) is 3.69. The second-order valence-corrected chi connectivity index (χ2v) is 5.05. The van der Waals surface area contributed by atoms with E-state index in [4.69, 9.17) is 38.5 Å². The van der Waals surface area contributed by atoms with Gasteiger partial charge in [0.05, 0.1) is 23.9 Å². The Morgan fingerprint density at radius 3 is 2.59 bits per heavy atom. The maximum absolute atomic E-state index is 12.2. The fourth-order valence-corrected chi connectivity index (χ4v) is 2.23. The lowest BCUT2D eigenvalue weighted by molar-refractivity contribution is 0.0730. The Kier molecular flexibility index (Phi) is 5.25. The molecule has 114 valence electrons. The van der Waals surface area contributed by atoms with E-state index in [0.717, 1.165) is 0 Å². The smallest absolute Gasteiger partial charge is 0.345 e. The van der Waals surface area contributed by atoms with Gasteiger partial charge in [-0.1, -0.05) is 23.2 Å². The molecular weight excluding hydrogens is 327 g/mol. The molecule has 0 radical (unpaired) electrons. The fourth-order valence-electron chi connectivity index (χ4n) is 1.74. The summed E-state index contributed by atoms with van der Waals surface area (Å²) < 4.78 is 10.5. The molecular formula is C15H12Cl2N2O3. The second-order valence-electron chi connectivity index (χ2n) is 4.20. The molecule has 0 aliphatic carbocycles. The van der Waals surface area contributed by atoms with Crippen LogP contribution in [0.25, 0.3) is 0 Å². The standard InChI is InChI=1S/C15H12Cl2N2O3/c1-21-14-6-9(8-19-18)2-5-13(14)22-15(20)11-4-3-10(16)7-12(11)17/h2-8H,18H2,1H3. The number of nitrogens with two attached hydrogens (primary N) is 1. The summed E-state index contributed by atoms with van der Waals surface area (Å²) in [4.78, 5) is 12.2. The molecule has 0 spiro atoms. The van der Waals surface area contributed by atoms with Gasteiger partial charge in [-0.2, -0.15) is 5.10 Å². The second kappa shape index (κ2) is 7.15. The van der Waals surface area contributed by atoms with Gasteiger partial charge in [0.2, 0.25) is 0 Å². The number of methoxy groups -OCH3 is 1. The molecule has 2 aromatic carbocycles. The quantitative estimate of drug-likeness (QED) is 0.304. The Labute approximate surface area is 137 Å². The van der Waals surface area contributed by atoms with E-state index in [2.05, 4.69) is 5.10 Å². The van der Waals surface area contributed by atoms with Gasteiger partial charge in [0.25, 0.3) is 0 Å². The number of carbonyl (C=O) groups excluding carboxylic acids is 1. The average molecular weight is 339 g/mol. The van der Waals surface area contributed by atoms with E-state index in [0.29, 0.717) is 16.3 Å². The Hall–Kier alpha value is -2.24. The van der Waals surface area contributed by atoms with Crippen molar-refractivity contribution >= 4 is 35.4 Å². The number of carbonyl (C=O) groups is 1. The number of ether oxygens (including phenoxy) is 2. The molecule has 0 bridgehead atoms. The Morgan fingerprint density at radius 2 is 1.95 bits per heavy atom. The first-order chi connectivity index (χ1) is 10.5. The van der Waals surface area contributed by atoms with E-state index in [1.54, 1.807) is 24.3 Å². The van der Waals surface area contributed by atoms with Crippen LogP contribution in [0.3, 0.4) is 0 Å². The van der Waals surface area contributed by atoms with Crippen molar-refractivity contribution in [3.8, 4) is 11.5 Å². The van der Waals surface area contributed by atoms with Crippen molar-refractivity contribution < 1.29 is 14.3 Å². The van der Waals surface area contributed by atoms with Crippen LogP contribution >= 0.6 is 23.2 Å². The molecule has 0 saturated carbocycles. The number of benzene rings is 2. The summed E-state index contributed by atoms with van der Waals surface area (Å²) in [6.45, 7) is 0. The maximum Gasteiger partial charge on any atom is 0.345 e. The predicted octanol–water partition coefficient (Wildman–Crippen LogP) is 3.51. The van der Waals surface area contributed by atoms with Crippen LogP contribution < -0.4 is 15.3 Å². The minimum atomic E-state index is -0.611. The molecule has 22 heavy (non-hydrogen) atoms. The molecule has 0 heterocycles. The largest absolute Gasteiger partial charge is 0.493 e. The van der Waals surface area contributed by atoms with E-state index >= 15 is 0 Å². The van der Waals surface area contributed by atoms with Gasteiger partial charge in [0.1, 0.15) is 0 Å². The first kappa shape index (κ1) is 16.1. The van der Waals surface area contributed by atoms with E-state index < -0.39 is 5.97 Å². The zero-order valence-electron chi connectivity index (χ0n) is 11.5. The van der Waals surface area contributed by atoms with Crippen LogP contribution in [0.1, 0.15) is 15.9 Å². The summed E-state index contributed by atoms with van der Waals surface area (Å²) >= 11 is 11.8. The number of hydrogen-bond acceptors (Lipinski definition) is 5. The molecule has 2 N–H and O–H groups in total. The first-order valence-corrected chi connectivity index (χ1v) is 6.89. The number of esters is 1. The van der Waals surface area contributed by atoms with Crippen LogP contribution in [-0.2, 0) is 0 Å². The summed E-state index contributed by atoms with van der Waals surface area (Å²) in [5.41, 5.74) is 0.921. The topological polar surface area (TPSA) is 73.9 Å². The Balaban J connectivity index is 2.28. The molecule has 0 saturated heterocycles. The van der Waals surface area contributed by atoms with Crippen molar-refractivity contribution in [2.24, 2.45) is 10.9 Å². The molecule has 0 amide bonds. The number of halogens is 2. The van der Waals surface area contributed by atoms with E-state index in [9.17, 15) is 4.79 Å². The van der Waals surface area contributed by atoms with Gasteiger partial charge >= 0.3 is 5.97 Å². The highest BCUT2D eigenvalue weighted by molar-refractivity contribution is 6.36. The summed E-state index contributed by atoms with van der Waals surface area (Å²) in [5.74, 6) is 5.11. The van der Waals surface area contributed by atoms with Crippen molar-refractivity contribution in [3.05, 3.63) is 57.6 Å².